The zero-order valence-electron chi connectivity index (χ0n) is 16.1. The van der Waals surface area contributed by atoms with Crippen molar-refractivity contribution in [3.8, 4) is 0 Å². The lowest BCUT2D eigenvalue weighted by molar-refractivity contribution is -0.113. The zero-order valence-corrected chi connectivity index (χ0v) is 18.5. The van der Waals surface area contributed by atoms with Crippen molar-refractivity contribution in [2.24, 2.45) is 0 Å². The Kier molecular flexibility index (Phi) is 6.16. The Labute approximate surface area is 183 Å². The fourth-order valence-corrected chi connectivity index (χ4v) is 4.52. The van der Waals surface area contributed by atoms with Crippen molar-refractivity contribution < 1.29 is 4.79 Å². The number of benzene rings is 2. The quantitative estimate of drug-likeness (QED) is 0.428. The van der Waals surface area contributed by atoms with Gasteiger partial charge < -0.3 is 10.2 Å². The molecule has 0 fully saturated rings. The molecule has 3 aromatic rings. The standard InChI is InChI=1S/C22H21BrN4OS/c1-15-6-7-19(18(23)12-15)25-21(28)14-29-22-24-10-8-20(26-22)27-11-9-16-4-2-3-5-17(16)13-27/h2-8,10,12H,9,11,13-14H2,1H3,(H,25,28). The highest BCUT2D eigenvalue weighted by Gasteiger charge is 2.17. The normalized spacial score (nSPS) is 13.1. The first kappa shape index (κ1) is 19.9. The lowest BCUT2D eigenvalue weighted by Gasteiger charge is -2.29. The molecule has 4 rings (SSSR count). The van der Waals surface area contributed by atoms with E-state index in [0.29, 0.717) is 5.16 Å². The van der Waals surface area contributed by atoms with Gasteiger partial charge in [-0.1, -0.05) is 42.1 Å². The number of anilines is 2. The highest BCUT2D eigenvalue weighted by Crippen LogP contribution is 2.26. The number of amides is 1. The van der Waals surface area contributed by atoms with E-state index in [0.717, 1.165) is 41.1 Å². The van der Waals surface area contributed by atoms with Gasteiger partial charge in [0.1, 0.15) is 5.82 Å². The Bertz CT molecular complexity index is 1040. The minimum atomic E-state index is -0.0829. The van der Waals surface area contributed by atoms with Gasteiger partial charge in [0.25, 0.3) is 0 Å². The molecule has 0 bridgehead atoms. The Morgan fingerprint density at radius 1 is 1.21 bits per heavy atom. The number of nitrogens with one attached hydrogen (secondary N) is 1. The molecule has 148 valence electrons. The minimum absolute atomic E-state index is 0.0829. The smallest absolute Gasteiger partial charge is 0.234 e. The van der Waals surface area contributed by atoms with Crippen molar-refractivity contribution in [1.82, 2.24) is 9.97 Å². The number of halogens is 1. The predicted molar refractivity (Wildman–Crippen MR) is 121 cm³/mol. The summed E-state index contributed by atoms with van der Waals surface area (Å²) in [5.74, 6) is 1.08. The first-order valence-corrected chi connectivity index (χ1v) is 11.2. The molecule has 1 N–H and O–H groups in total. The molecule has 0 unspecified atom stereocenters. The Balaban J connectivity index is 1.37. The molecule has 0 spiro atoms. The minimum Gasteiger partial charge on any atom is -0.352 e. The monoisotopic (exact) mass is 468 g/mol. The third-order valence-electron chi connectivity index (χ3n) is 4.80. The molecule has 2 heterocycles. The molecular formula is C22H21BrN4OS. The topological polar surface area (TPSA) is 58.1 Å². The van der Waals surface area contributed by atoms with Gasteiger partial charge in [0, 0.05) is 23.8 Å². The second-order valence-electron chi connectivity index (χ2n) is 6.96. The molecule has 0 atom stereocenters. The fourth-order valence-electron chi connectivity index (χ4n) is 3.31. The maximum absolute atomic E-state index is 12.3. The maximum atomic E-state index is 12.3. The number of carbonyl (C=O) groups excluding carboxylic acids is 1. The molecule has 1 aromatic heterocycles. The van der Waals surface area contributed by atoms with Gasteiger partial charge in [-0.05, 0) is 64.2 Å². The zero-order chi connectivity index (χ0) is 20.2. The van der Waals surface area contributed by atoms with Crippen molar-refractivity contribution in [3.05, 3.63) is 75.9 Å². The first-order chi connectivity index (χ1) is 14.1. The van der Waals surface area contributed by atoms with E-state index in [1.54, 1.807) is 6.20 Å². The maximum Gasteiger partial charge on any atom is 0.234 e. The number of aromatic nitrogens is 2. The molecular weight excluding hydrogens is 448 g/mol. The molecule has 2 aromatic carbocycles. The van der Waals surface area contributed by atoms with E-state index < -0.39 is 0 Å². The van der Waals surface area contributed by atoms with Gasteiger partial charge in [0.05, 0.1) is 11.4 Å². The van der Waals surface area contributed by atoms with Crippen LogP contribution in [0.3, 0.4) is 0 Å². The summed E-state index contributed by atoms with van der Waals surface area (Å²) in [5.41, 5.74) is 4.65. The third kappa shape index (κ3) is 4.97. The number of hydrogen-bond donors (Lipinski definition) is 1. The van der Waals surface area contributed by atoms with Crippen molar-refractivity contribution in [2.75, 3.05) is 22.5 Å². The molecule has 0 radical (unpaired) electrons. The summed E-state index contributed by atoms with van der Waals surface area (Å²) >= 11 is 4.83. The van der Waals surface area contributed by atoms with Crippen LogP contribution in [0.15, 0.2) is 64.4 Å². The number of fused-ring (bicyclic) bond motifs is 1. The van der Waals surface area contributed by atoms with E-state index in [9.17, 15) is 4.79 Å². The van der Waals surface area contributed by atoms with E-state index in [4.69, 9.17) is 0 Å². The lowest BCUT2D eigenvalue weighted by atomic mass is 10.00. The second-order valence-corrected chi connectivity index (χ2v) is 8.75. The summed E-state index contributed by atoms with van der Waals surface area (Å²) in [5, 5.41) is 3.53. The average Bonchev–Trinajstić information content (AvgIpc) is 2.74. The second kappa shape index (κ2) is 8.97. The Hall–Kier alpha value is -2.38. The van der Waals surface area contributed by atoms with E-state index in [2.05, 4.69) is 60.4 Å². The summed E-state index contributed by atoms with van der Waals surface area (Å²) in [4.78, 5) is 23.6. The number of nitrogens with zero attached hydrogens (tertiary/aromatic N) is 3. The van der Waals surface area contributed by atoms with Gasteiger partial charge in [-0.2, -0.15) is 0 Å². The van der Waals surface area contributed by atoms with Crippen molar-refractivity contribution in [3.63, 3.8) is 0 Å². The summed E-state index contributed by atoms with van der Waals surface area (Å²) in [6.07, 6.45) is 2.77. The van der Waals surface area contributed by atoms with Gasteiger partial charge in [0.15, 0.2) is 5.16 Å². The van der Waals surface area contributed by atoms with E-state index in [1.807, 2.05) is 31.2 Å². The third-order valence-corrected chi connectivity index (χ3v) is 6.32. The van der Waals surface area contributed by atoms with E-state index in [1.165, 1.54) is 22.9 Å². The predicted octanol–water partition coefficient (Wildman–Crippen LogP) is 4.84. The van der Waals surface area contributed by atoms with Crippen LogP contribution in [-0.4, -0.2) is 28.2 Å². The molecule has 1 aliphatic rings. The number of hydrogen-bond acceptors (Lipinski definition) is 5. The molecule has 7 heteroatoms. The average molecular weight is 469 g/mol. The van der Waals surface area contributed by atoms with Crippen LogP contribution in [0.1, 0.15) is 16.7 Å². The van der Waals surface area contributed by atoms with Crippen LogP contribution in [0.5, 0.6) is 0 Å². The molecule has 0 saturated carbocycles. The first-order valence-electron chi connectivity index (χ1n) is 9.42. The number of carbonyl (C=O) groups is 1. The van der Waals surface area contributed by atoms with Crippen LogP contribution in [0.4, 0.5) is 11.5 Å². The van der Waals surface area contributed by atoms with Gasteiger partial charge in [-0.25, -0.2) is 9.97 Å². The fraction of sp³-hybridized carbons (Fsp3) is 0.227. The van der Waals surface area contributed by atoms with Crippen molar-refractivity contribution in [1.29, 1.82) is 0 Å². The van der Waals surface area contributed by atoms with Crippen molar-refractivity contribution in [2.45, 2.75) is 25.0 Å². The van der Waals surface area contributed by atoms with Crippen LogP contribution in [0.25, 0.3) is 0 Å². The SMILES string of the molecule is Cc1ccc(NC(=O)CSc2nccc(N3CCc4ccccc4C3)n2)c(Br)c1. The Morgan fingerprint density at radius 2 is 2.03 bits per heavy atom. The van der Waals surface area contributed by atoms with Gasteiger partial charge in [-0.3, -0.25) is 4.79 Å². The summed E-state index contributed by atoms with van der Waals surface area (Å²) in [7, 11) is 0. The number of rotatable bonds is 5. The van der Waals surface area contributed by atoms with Crippen LogP contribution >= 0.6 is 27.7 Å². The molecule has 1 amide bonds. The highest BCUT2D eigenvalue weighted by molar-refractivity contribution is 9.10. The summed E-state index contributed by atoms with van der Waals surface area (Å²) in [6, 6.07) is 16.3. The van der Waals surface area contributed by atoms with E-state index in [-0.39, 0.29) is 11.7 Å². The molecule has 0 saturated heterocycles. The lowest BCUT2D eigenvalue weighted by Crippen LogP contribution is -2.31. The number of thioether (sulfide) groups is 1. The molecule has 0 aliphatic carbocycles. The summed E-state index contributed by atoms with van der Waals surface area (Å²) < 4.78 is 0.875. The van der Waals surface area contributed by atoms with Crippen LogP contribution in [0.2, 0.25) is 0 Å². The Morgan fingerprint density at radius 3 is 2.86 bits per heavy atom. The van der Waals surface area contributed by atoms with Crippen LogP contribution in [0, 0.1) is 6.92 Å². The van der Waals surface area contributed by atoms with Gasteiger partial charge in [0.2, 0.25) is 5.91 Å². The van der Waals surface area contributed by atoms with Crippen molar-refractivity contribution >= 4 is 45.1 Å². The highest BCUT2D eigenvalue weighted by atomic mass is 79.9. The molecule has 1 aliphatic heterocycles. The van der Waals surface area contributed by atoms with Gasteiger partial charge in [-0.15, -0.1) is 0 Å². The molecule has 5 nitrogen and oxygen atoms in total. The summed E-state index contributed by atoms with van der Waals surface area (Å²) in [6.45, 7) is 3.79. The van der Waals surface area contributed by atoms with Crippen LogP contribution in [-0.2, 0) is 17.8 Å². The van der Waals surface area contributed by atoms with E-state index >= 15 is 0 Å². The molecule has 29 heavy (non-hydrogen) atoms. The van der Waals surface area contributed by atoms with Gasteiger partial charge >= 0.3 is 0 Å². The van der Waals surface area contributed by atoms with Crippen LogP contribution < -0.4 is 10.2 Å². The largest absolute Gasteiger partial charge is 0.352 e. The number of aryl methyl sites for hydroxylation is 1.